The number of carbonyl (C=O) groups excluding carboxylic acids is 1. The Morgan fingerprint density at radius 1 is 1.39 bits per heavy atom. The molecule has 0 aromatic heterocycles. The van der Waals surface area contributed by atoms with E-state index in [9.17, 15) is 9.59 Å². The van der Waals surface area contributed by atoms with Crippen molar-refractivity contribution in [2.24, 2.45) is 11.3 Å². The fourth-order valence-corrected chi connectivity index (χ4v) is 2.28. The van der Waals surface area contributed by atoms with Gasteiger partial charge in [-0.1, -0.05) is 0 Å². The molecule has 1 aliphatic rings. The molecule has 1 amide bonds. The first kappa shape index (κ1) is 15.0. The molecule has 0 aliphatic carbocycles. The summed E-state index contributed by atoms with van der Waals surface area (Å²) in [6, 6.07) is 0. The molecule has 1 unspecified atom stereocenters. The van der Waals surface area contributed by atoms with Crippen LogP contribution in [-0.2, 0) is 9.59 Å². The Kier molecular flexibility index (Phi) is 5.14. The lowest BCUT2D eigenvalue weighted by atomic mass is 9.88. The Morgan fingerprint density at radius 3 is 2.61 bits per heavy atom. The standard InChI is InChI=1S/C13H23NO4/c1-13(2,12(17)18)8-11(16)14-6-3-4-10(9-14)5-7-15/h10,15H,3-9H2,1-2H3,(H,17,18). The third-order valence-electron chi connectivity index (χ3n) is 3.58. The Labute approximate surface area is 108 Å². The quantitative estimate of drug-likeness (QED) is 0.773. The molecule has 0 spiro atoms. The number of hydrogen-bond donors (Lipinski definition) is 2. The maximum Gasteiger partial charge on any atom is 0.309 e. The van der Waals surface area contributed by atoms with Crippen molar-refractivity contribution in [1.29, 1.82) is 0 Å². The van der Waals surface area contributed by atoms with Crippen molar-refractivity contribution in [2.45, 2.75) is 39.5 Å². The molecular formula is C13H23NO4. The molecule has 1 atom stereocenters. The number of amides is 1. The van der Waals surface area contributed by atoms with E-state index < -0.39 is 11.4 Å². The zero-order chi connectivity index (χ0) is 13.8. The van der Waals surface area contributed by atoms with E-state index in [-0.39, 0.29) is 18.9 Å². The Balaban J connectivity index is 2.53. The molecule has 1 fully saturated rings. The van der Waals surface area contributed by atoms with E-state index in [2.05, 4.69) is 0 Å². The van der Waals surface area contributed by atoms with Gasteiger partial charge in [0.1, 0.15) is 0 Å². The van der Waals surface area contributed by atoms with Crippen molar-refractivity contribution in [1.82, 2.24) is 4.90 Å². The molecule has 1 saturated heterocycles. The number of nitrogens with zero attached hydrogens (tertiary/aromatic N) is 1. The lowest BCUT2D eigenvalue weighted by Gasteiger charge is -2.34. The van der Waals surface area contributed by atoms with Gasteiger partial charge in [0.05, 0.1) is 5.41 Å². The molecule has 0 aromatic carbocycles. The summed E-state index contributed by atoms with van der Waals surface area (Å²) in [4.78, 5) is 24.8. The minimum absolute atomic E-state index is 0.0359. The van der Waals surface area contributed by atoms with Crippen LogP contribution in [0.15, 0.2) is 0 Å². The maximum atomic E-state index is 12.1. The van der Waals surface area contributed by atoms with E-state index in [1.807, 2.05) is 0 Å². The van der Waals surface area contributed by atoms with Gasteiger partial charge in [0.15, 0.2) is 0 Å². The third kappa shape index (κ3) is 3.98. The zero-order valence-corrected chi connectivity index (χ0v) is 11.2. The van der Waals surface area contributed by atoms with Crippen molar-refractivity contribution in [3.8, 4) is 0 Å². The van der Waals surface area contributed by atoms with Crippen molar-refractivity contribution in [3.63, 3.8) is 0 Å². The van der Waals surface area contributed by atoms with Crippen LogP contribution in [0.5, 0.6) is 0 Å². The third-order valence-corrected chi connectivity index (χ3v) is 3.58. The summed E-state index contributed by atoms with van der Waals surface area (Å²) in [5, 5.41) is 17.9. The largest absolute Gasteiger partial charge is 0.481 e. The minimum Gasteiger partial charge on any atom is -0.481 e. The molecule has 5 heteroatoms. The number of carboxylic acids is 1. The highest BCUT2D eigenvalue weighted by atomic mass is 16.4. The summed E-state index contributed by atoms with van der Waals surface area (Å²) in [6.45, 7) is 4.64. The second-order valence-corrected chi connectivity index (χ2v) is 5.73. The fraction of sp³-hybridized carbons (Fsp3) is 0.846. The van der Waals surface area contributed by atoms with Crippen LogP contribution in [0.4, 0.5) is 0 Å². The van der Waals surface area contributed by atoms with Crippen LogP contribution in [0.2, 0.25) is 0 Å². The SMILES string of the molecule is CC(C)(CC(=O)N1CCCC(CCO)C1)C(=O)O. The highest BCUT2D eigenvalue weighted by molar-refractivity contribution is 5.84. The van der Waals surface area contributed by atoms with Crippen molar-refractivity contribution in [2.75, 3.05) is 19.7 Å². The lowest BCUT2D eigenvalue weighted by Crippen LogP contribution is -2.42. The van der Waals surface area contributed by atoms with Gasteiger partial charge in [0, 0.05) is 26.1 Å². The molecule has 1 heterocycles. The Hall–Kier alpha value is -1.10. The number of aliphatic hydroxyl groups is 1. The highest BCUT2D eigenvalue weighted by Gasteiger charge is 2.33. The van der Waals surface area contributed by atoms with Crippen LogP contribution in [0.1, 0.15) is 39.5 Å². The van der Waals surface area contributed by atoms with E-state index >= 15 is 0 Å². The summed E-state index contributed by atoms with van der Waals surface area (Å²) in [6.07, 6.45) is 2.72. The molecule has 0 saturated carbocycles. The summed E-state index contributed by atoms with van der Waals surface area (Å²) in [5.41, 5.74) is -1.01. The van der Waals surface area contributed by atoms with Crippen LogP contribution in [0.25, 0.3) is 0 Å². The average molecular weight is 257 g/mol. The van der Waals surface area contributed by atoms with Gasteiger partial charge in [-0.2, -0.15) is 0 Å². The minimum atomic E-state index is -1.01. The monoisotopic (exact) mass is 257 g/mol. The number of hydrogen-bond acceptors (Lipinski definition) is 3. The molecule has 104 valence electrons. The first-order valence-corrected chi connectivity index (χ1v) is 6.49. The van der Waals surface area contributed by atoms with Gasteiger partial charge in [-0.05, 0) is 39.0 Å². The molecule has 1 aliphatic heterocycles. The zero-order valence-electron chi connectivity index (χ0n) is 11.2. The predicted molar refractivity (Wildman–Crippen MR) is 67.0 cm³/mol. The number of piperidine rings is 1. The maximum absolute atomic E-state index is 12.1. The second kappa shape index (κ2) is 6.18. The summed E-state index contributed by atoms with van der Waals surface area (Å²) in [7, 11) is 0. The van der Waals surface area contributed by atoms with Crippen molar-refractivity contribution in [3.05, 3.63) is 0 Å². The lowest BCUT2D eigenvalue weighted by molar-refractivity contribution is -0.152. The highest BCUT2D eigenvalue weighted by Crippen LogP contribution is 2.25. The molecule has 1 rings (SSSR count). The smallest absolute Gasteiger partial charge is 0.309 e. The van der Waals surface area contributed by atoms with E-state index in [1.54, 1.807) is 18.7 Å². The van der Waals surface area contributed by atoms with E-state index in [0.717, 1.165) is 12.8 Å². The van der Waals surface area contributed by atoms with Gasteiger partial charge < -0.3 is 15.1 Å². The number of carbonyl (C=O) groups is 2. The van der Waals surface area contributed by atoms with Gasteiger partial charge >= 0.3 is 5.97 Å². The number of rotatable bonds is 5. The van der Waals surface area contributed by atoms with Crippen molar-refractivity contribution < 1.29 is 19.8 Å². The van der Waals surface area contributed by atoms with Crippen LogP contribution in [0.3, 0.4) is 0 Å². The van der Waals surface area contributed by atoms with Crippen molar-refractivity contribution >= 4 is 11.9 Å². The average Bonchev–Trinajstić information content (AvgIpc) is 2.29. The normalized spacial score (nSPS) is 20.8. The number of likely N-dealkylation sites (tertiary alicyclic amines) is 1. The van der Waals surface area contributed by atoms with Crippen LogP contribution in [-0.4, -0.2) is 46.7 Å². The van der Waals surface area contributed by atoms with Crippen LogP contribution < -0.4 is 0 Å². The molecule has 5 nitrogen and oxygen atoms in total. The Bertz CT molecular complexity index is 312. The first-order chi connectivity index (χ1) is 8.36. The second-order valence-electron chi connectivity index (χ2n) is 5.73. The molecule has 0 bridgehead atoms. The first-order valence-electron chi connectivity index (χ1n) is 6.49. The Morgan fingerprint density at radius 2 is 2.06 bits per heavy atom. The van der Waals surface area contributed by atoms with Gasteiger partial charge in [-0.3, -0.25) is 9.59 Å². The van der Waals surface area contributed by atoms with E-state index in [1.165, 1.54) is 0 Å². The van der Waals surface area contributed by atoms with E-state index in [0.29, 0.717) is 25.4 Å². The van der Waals surface area contributed by atoms with Crippen LogP contribution in [0, 0.1) is 11.3 Å². The summed E-state index contributed by atoms with van der Waals surface area (Å²) in [5.74, 6) is -0.689. The van der Waals surface area contributed by atoms with Gasteiger partial charge in [-0.25, -0.2) is 0 Å². The molecule has 0 aromatic rings. The summed E-state index contributed by atoms with van der Waals surface area (Å²) >= 11 is 0. The number of aliphatic hydroxyl groups excluding tert-OH is 1. The van der Waals surface area contributed by atoms with Gasteiger partial charge in [0.25, 0.3) is 0 Å². The number of aliphatic carboxylic acids is 1. The molecule has 18 heavy (non-hydrogen) atoms. The summed E-state index contributed by atoms with van der Waals surface area (Å²) < 4.78 is 0. The van der Waals surface area contributed by atoms with Gasteiger partial charge in [0.2, 0.25) is 5.91 Å². The predicted octanol–water partition coefficient (Wildman–Crippen LogP) is 1.11. The molecular weight excluding hydrogens is 234 g/mol. The molecule has 2 N–H and O–H groups in total. The van der Waals surface area contributed by atoms with E-state index in [4.69, 9.17) is 10.2 Å². The fourth-order valence-electron chi connectivity index (χ4n) is 2.28. The molecule has 0 radical (unpaired) electrons. The topological polar surface area (TPSA) is 77.8 Å². The van der Waals surface area contributed by atoms with Crippen LogP contribution >= 0.6 is 0 Å². The van der Waals surface area contributed by atoms with Gasteiger partial charge in [-0.15, -0.1) is 0 Å². The number of carboxylic acid groups (broad SMARTS) is 1.